The zero-order valence-corrected chi connectivity index (χ0v) is 20.0. The van der Waals surface area contributed by atoms with Crippen molar-refractivity contribution in [2.75, 3.05) is 13.1 Å². The summed E-state index contributed by atoms with van der Waals surface area (Å²) in [4.78, 5) is 50.0. The van der Waals surface area contributed by atoms with E-state index in [-0.39, 0.29) is 0 Å². The number of carbonyl (C=O) groups excluding carboxylic acids is 2. The molecule has 34 heavy (non-hydrogen) atoms. The smallest absolute Gasteiger partial charge is 0.407 e. The molecule has 13 heteroatoms. The number of alkyl carbamates (subject to hydrolysis) is 1. The van der Waals surface area contributed by atoms with Gasteiger partial charge >= 0.3 is 11.8 Å². The summed E-state index contributed by atoms with van der Waals surface area (Å²) in [6, 6.07) is 0.227. The third kappa shape index (κ3) is 6.23. The number of ether oxygens (including phenoxy) is 4. The highest BCUT2D eigenvalue weighted by molar-refractivity contribution is 5.80. The molecule has 2 aliphatic heterocycles. The zero-order chi connectivity index (χ0) is 25.3. The van der Waals surface area contributed by atoms with E-state index in [2.05, 4.69) is 15.6 Å². The van der Waals surface area contributed by atoms with E-state index in [1.807, 2.05) is 0 Å². The SMILES string of the molecule is CC(C)(C)OC(=O)NCCCN[C@@H](C(N)=O)[C@H]1O[C@@H](n2ccc(=O)[nH]c2=O)[C@@H]2OC(C)(C)O[C@@H]21. The average Bonchev–Trinajstić information content (AvgIpc) is 3.16. The molecule has 5 N–H and O–H groups in total. The van der Waals surface area contributed by atoms with Gasteiger partial charge in [0, 0.05) is 18.8 Å². The minimum Gasteiger partial charge on any atom is -0.444 e. The number of carbonyl (C=O) groups is 2. The molecule has 0 saturated carbocycles. The van der Waals surface area contributed by atoms with Gasteiger partial charge in [0.1, 0.15) is 30.0 Å². The summed E-state index contributed by atoms with van der Waals surface area (Å²) in [5.74, 6) is -1.66. The van der Waals surface area contributed by atoms with Crippen molar-refractivity contribution in [3.63, 3.8) is 0 Å². The monoisotopic (exact) mass is 483 g/mol. The van der Waals surface area contributed by atoms with Crippen LogP contribution in [0, 0.1) is 0 Å². The van der Waals surface area contributed by atoms with E-state index in [1.165, 1.54) is 16.8 Å². The zero-order valence-electron chi connectivity index (χ0n) is 20.0. The van der Waals surface area contributed by atoms with Gasteiger partial charge in [-0.25, -0.2) is 9.59 Å². The lowest BCUT2D eigenvalue weighted by Crippen LogP contribution is -2.54. The van der Waals surface area contributed by atoms with Crippen molar-refractivity contribution in [1.29, 1.82) is 0 Å². The minimum atomic E-state index is -0.985. The molecule has 1 aromatic heterocycles. The van der Waals surface area contributed by atoms with Gasteiger partial charge < -0.3 is 35.3 Å². The Morgan fingerprint density at radius 2 is 1.91 bits per heavy atom. The molecule has 13 nitrogen and oxygen atoms in total. The largest absolute Gasteiger partial charge is 0.444 e. The quantitative estimate of drug-likeness (QED) is 0.349. The van der Waals surface area contributed by atoms with Gasteiger partial charge in [0.25, 0.3) is 5.56 Å². The molecule has 0 radical (unpaired) electrons. The second-order valence-corrected chi connectivity index (χ2v) is 9.69. The minimum absolute atomic E-state index is 0.313. The van der Waals surface area contributed by atoms with Gasteiger partial charge in [-0.3, -0.25) is 19.1 Å². The van der Waals surface area contributed by atoms with Crippen LogP contribution in [-0.2, 0) is 23.7 Å². The fourth-order valence-corrected chi connectivity index (χ4v) is 3.96. The van der Waals surface area contributed by atoms with E-state index in [9.17, 15) is 19.2 Å². The first-order chi connectivity index (χ1) is 15.8. The number of nitrogens with one attached hydrogen (secondary N) is 3. The number of aromatic nitrogens is 2. The molecule has 2 amide bonds. The van der Waals surface area contributed by atoms with E-state index < -0.39 is 65.2 Å². The van der Waals surface area contributed by atoms with Crippen LogP contribution in [0.2, 0.25) is 0 Å². The van der Waals surface area contributed by atoms with Crippen LogP contribution >= 0.6 is 0 Å². The molecule has 2 fully saturated rings. The Labute approximate surface area is 196 Å². The Morgan fingerprint density at radius 1 is 1.24 bits per heavy atom. The molecule has 0 aromatic carbocycles. The van der Waals surface area contributed by atoms with Gasteiger partial charge in [-0.2, -0.15) is 0 Å². The van der Waals surface area contributed by atoms with Gasteiger partial charge in [-0.05, 0) is 47.6 Å². The summed E-state index contributed by atoms with van der Waals surface area (Å²) in [6.07, 6.45) is -1.99. The summed E-state index contributed by atoms with van der Waals surface area (Å²) in [5, 5.41) is 5.68. The number of amides is 2. The fourth-order valence-electron chi connectivity index (χ4n) is 3.96. The van der Waals surface area contributed by atoms with Crippen molar-refractivity contribution < 1.29 is 28.5 Å². The molecule has 0 spiro atoms. The predicted octanol–water partition coefficient (Wildman–Crippen LogP) is -0.688. The van der Waals surface area contributed by atoms with Gasteiger partial charge in [0.2, 0.25) is 5.91 Å². The molecule has 2 saturated heterocycles. The van der Waals surface area contributed by atoms with E-state index in [1.54, 1.807) is 34.6 Å². The van der Waals surface area contributed by atoms with Crippen LogP contribution in [0.5, 0.6) is 0 Å². The maximum Gasteiger partial charge on any atom is 0.407 e. The lowest BCUT2D eigenvalue weighted by molar-refractivity contribution is -0.200. The number of rotatable bonds is 8. The van der Waals surface area contributed by atoms with E-state index in [0.29, 0.717) is 19.5 Å². The molecule has 190 valence electrons. The molecule has 3 heterocycles. The number of fused-ring (bicyclic) bond motifs is 1. The van der Waals surface area contributed by atoms with Crippen LogP contribution < -0.4 is 27.6 Å². The first-order valence-corrected chi connectivity index (χ1v) is 11.1. The van der Waals surface area contributed by atoms with E-state index in [0.717, 1.165) is 0 Å². The van der Waals surface area contributed by atoms with Crippen LogP contribution in [0.15, 0.2) is 21.9 Å². The predicted molar refractivity (Wildman–Crippen MR) is 119 cm³/mol. The van der Waals surface area contributed by atoms with Crippen LogP contribution in [0.25, 0.3) is 0 Å². The molecular weight excluding hydrogens is 450 g/mol. The van der Waals surface area contributed by atoms with Crippen LogP contribution in [-0.4, -0.2) is 70.4 Å². The highest BCUT2D eigenvalue weighted by atomic mass is 16.8. The number of hydrogen-bond acceptors (Lipinski definition) is 9. The summed E-state index contributed by atoms with van der Waals surface area (Å²) in [7, 11) is 0. The Bertz CT molecular complexity index is 1010. The van der Waals surface area contributed by atoms with E-state index in [4.69, 9.17) is 24.7 Å². The highest BCUT2D eigenvalue weighted by Gasteiger charge is 2.58. The number of nitrogens with two attached hydrogens (primary N) is 1. The number of nitrogens with zero attached hydrogens (tertiary/aromatic N) is 1. The van der Waals surface area contributed by atoms with Crippen LogP contribution in [0.1, 0.15) is 47.3 Å². The fraction of sp³-hybridized carbons (Fsp3) is 0.714. The molecule has 0 aliphatic carbocycles. The highest BCUT2D eigenvalue weighted by Crippen LogP contribution is 2.43. The van der Waals surface area contributed by atoms with Gasteiger partial charge in [0.05, 0.1) is 0 Å². The molecule has 1 aromatic rings. The summed E-state index contributed by atoms with van der Waals surface area (Å²) in [6.45, 7) is 9.37. The Morgan fingerprint density at radius 3 is 2.53 bits per heavy atom. The van der Waals surface area contributed by atoms with Crippen molar-refractivity contribution in [1.82, 2.24) is 20.2 Å². The number of aromatic amines is 1. The normalized spacial score (nSPS) is 26.6. The molecule has 5 atom stereocenters. The first kappa shape index (κ1) is 25.9. The molecular formula is C21H33N5O8. The van der Waals surface area contributed by atoms with Crippen molar-refractivity contribution in [3.05, 3.63) is 33.1 Å². The van der Waals surface area contributed by atoms with Crippen molar-refractivity contribution >= 4 is 12.0 Å². The second-order valence-electron chi connectivity index (χ2n) is 9.69. The van der Waals surface area contributed by atoms with Crippen molar-refractivity contribution in [2.45, 2.75) is 83.0 Å². The third-order valence-corrected chi connectivity index (χ3v) is 5.21. The Hall–Kier alpha value is -2.74. The molecule has 3 rings (SSSR count). The molecule has 0 bridgehead atoms. The van der Waals surface area contributed by atoms with Gasteiger partial charge in [-0.1, -0.05) is 0 Å². The van der Waals surface area contributed by atoms with Crippen LogP contribution in [0.4, 0.5) is 4.79 Å². The topological polar surface area (TPSA) is 176 Å². The summed E-state index contributed by atoms with van der Waals surface area (Å²) < 4.78 is 24.3. The standard InChI is InChI=1S/C21H33N5O8/c1-20(2,3)34-19(30)24-9-6-8-23-12(16(22)28)13-14-15(33-21(4,5)32-14)17(31-13)26-10-7-11(27)25-18(26)29/h7,10,12-15,17,23H,6,8-9H2,1-5H3,(H2,22,28)(H,24,30)(H,25,27,29)/t12-,13-,14-,15-,17-/m1/s1. The van der Waals surface area contributed by atoms with Crippen molar-refractivity contribution in [2.24, 2.45) is 5.73 Å². The maximum absolute atomic E-state index is 12.4. The maximum atomic E-state index is 12.4. The average molecular weight is 484 g/mol. The summed E-state index contributed by atoms with van der Waals surface area (Å²) >= 11 is 0. The molecule has 0 unspecified atom stereocenters. The van der Waals surface area contributed by atoms with Gasteiger partial charge in [0.15, 0.2) is 12.0 Å². The Balaban J connectivity index is 1.67. The van der Waals surface area contributed by atoms with Gasteiger partial charge in [-0.15, -0.1) is 0 Å². The Kier molecular flexibility index (Phi) is 7.50. The summed E-state index contributed by atoms with van der Waals surface area (Å²) in [5.41, 5.74) is 3.82. The molecule has 2 aliphatic rings. The van der Waals surface area contributed by atoms with E-state index >= 15 is 0 Å². The number of primary amides is 1. The lowest BCUT2D eigenvalue weighted by atomic mass is 10.0. The number of hydrogen-bond donors (Lipinski definition) is 4. The number of H-pyrrole nitrogens is 1. The van der Waals surface area contributed by atoms with Crippen LogP contribution in [0.3, 0.4) is 0 Å². The first-order valence-electron chi connectivity index (χ1n) is 11.1. The lowest BCUT2D eigenvalue weighted by Gasteiger charge is -2.28. The van der Waals surface area contributed by atoms with Crippen molar-refractivity contribution in [3.8, 4) is 0 Å². The third-order valence-electron chi connectivity index (χ3n) is 5.21. The second kappa shape index (κ2) is 9.86.